The smallest absolute Gasteiger partial charge is 0.263 e. The number of amides is 1. The summed E-state index contributed by atoms with van der Waals surface area (Å²) < 4.78 is 26.6. The van der Waals surface area contributed by atoms with Crippen LogP contribution in [0, 0.1) is 11.6 Å². The van der Waals surface area contributed by atoms with E-state index in [0.717, 1.165) is 17.4 Å². The SMILES string of the molecule is CC.Nc1c(C(=O)NCc2cccc(F)c2F)sc2nnccc12. The predicted octanol–water partition coefficient (Wildman–Crippen LogP) is 3.51. The zero-order chi connectivity index (χ0) is 17.7. The number of fused-ring (bicyclic) bond motifs is 1. The van der Waals surface area contributed by atoms with Crippen molar-refractivity contribution in [3.63, 3.8) is 0 Å². The summed E-state index contributed by atoms with van der Waals surface area (Å²) in [7, 11) is 0. The van der Waals surface area contributed by atoms with Crippen LogP contribution >= 0.6 is 11.3 Å². The van der Waals surface area contributed by atoms with E-state index in [9.17, 15) is 13.6 Å². The van der Waals surface area contributed by atoms with Gasteiger partial charge in [0.05, 0.1) is 11.9 Å². The van der Waals surface area contributed by atoms with Crippen LogP contribution in [0.1, 0.15) is 29.1 Å². The molecule has 0 aliphatic rings. The van der Waals surface area contributed by atoms with Crippen LogP contribution in [0.3, 0.4) is 0 Å². The number of nitrogen functional groups attached to an aromatic ring is 1. The Hall–Kier alpha value is -2.61. The lowest BCUT2D eigenvalue weighted by molar-refractivity contribution is 0.0955. The number of thiophene rings is 1. The lowest BCUT2D eigenvalue weighted by atomic mass is 10.2. The molecule has 3 aromatic rings. The number of nitrogens with one attached hydrogen (secondary N) is 1. The maximum atomic E-state index is 13.5. The molecule has 0 atom stereocenters. The van der Waals surface area contributed by atoms with Crippen molar-refractivity contribution in [3.8, 4) is 0 Å². The number of halogens is 2. The molecule has 3 rings (SSSR count). The molecule has 0 aliphatic heterocycles. The van der Waals surface area contributed by atoms with Crippen molar-refractivity contribution in [1.82, 2.24) is 15.5 Å². The number of benzene rings is 1. The summed E-state index contributed by atoms with van der Waals surface area (Å²) in [5.74, 6) is -2.40. The number of anilines is 1. The topological polar surface area (TPSA) is 80.9 Å². The minimum absolute atomic E-state index is 0.0628. The molecule has 2 heterocycles. The molecule has 126 valence electrons. The molecule has 1 aromatic carbocycles. The first-order valence-corrected chi connectivity index (χ1v) is 8.10. The van der Waals surface area contributed by atoms with Crippen molar-refractivity contribution >= 4 is 33.1 Å². The molecule has 0 saturated heterocycles. The molecule has 0 saturated carbocycles. The van der Waals surface area contributed by atoms with Crippen LogP contribution in [0.15, 0.2) is 30.5 Å². The molecule has 2 aromatic heterocycles. The highest BCUT2D eigenvalue weighted by Crippen LogP contribution is 2.31. The highest BCUT2D eigenvalue weighted by atomic mass is 32.1. The second-order valence-electron chi connectivity index (χ2n) is 4.49. The van der Waals surface area contributed by atoms with Crippen molar-refractivity contribution in [2.24, 2.45) is 0 Å². The van der Waals surface area contributed by atoms with Gasteiger partial charge < -0.3 is 11.1 Å². The predicted molar refractivity (Wildman–Crippen MR) is 90.7 cm³/mol. The first kappa shape index (κ1) is 17.7. The van der Waals surface area contributed by atoms with E-state index in [0.29, 0.717) is 15.9 Å². The van der Waals surface area contributed by atoms with Gasteiger partial charge in [-0.15, -0.1) is 16.4 Å². The van der Waals surface area contributed by atoms with Crippen LogP contribution in [0.4, 0.5) is 14.5 Å². The van der Waals surface area contributed by atoms with E-state index in [1.807, 2.05) is 13.8 Å². The summed E-state index contributed by atoms with van der Waals surface area (Å²) in [4.78, 5) is 13.0. The van der Waals surface area contributed by atoms with Gasteiger partial charge in [-0.25, -0.2) is 8.78 Å². The van der Waals surface area contributed by atoms with Gasteiger partial charge in [0.25, 0.3) is 5.91 Å². The van der Waals surface area contributed by atoms with Gasteiger partial charge in [-0.2, -0.15) is 5.10 Å². The van der Waals surface area contributed by atoms with Crippen LogP contribution in [0.25, 0.3) is 10.2 Å². The molecule has 0 unspecified atom stereocenters. The summed E-state index contributed by atoms with van der Waals surface area (Å²) >= 11 is 1.10. The molecule has 0 aliphatic carbocycles. The fraction of sp³-hybridized carbons (Fsp3) is 0.188. The molecule has 0 bridgehead atoms. The van der Waals surface area contributed by atoms with Crippen molar-refractivity contribution in [3.05, 3.63) is 52.5 Å². The van der Waals surface area contributed by atoms with E-state index < -0.39 is 17.5 Å². The van der Waals surface area contributed by atoms with Crippen molar-refractivity contribution < 1.29 is 13.6 Å². The highest BCUT2D eigenvalue weighted by Gasteiger charge is 2.17. The number of nitrogens with two attached hydrogens (primary N) is 1. The fourth-order valence-electron chi connectivity index (χ4n) is 1.98. The number of carbonyl (C=O) groups excluding carboxylic acids is 1. The minimum Gasteiger partial charge on any atom is -0.397 e. The highest BCUT2D eigenvalue weighted by molar-refractivity contribution is 7.21. The molecule has 8 heteroatoms. The Morgan fingerprint density at radius 1 is 1.29 bits per heavy atom. The molecule has 0 fully saturated rings. The van der Waals surface area contributed by atoms with Gasteiger partial charge in [-0.05, 0) is 12.1 Å². The normalized spacial score (nSPS) is 10.2. The van der Waals surface area contributed by atoms with Gasteiger partial charge >= 0.3 is 0 Å². The third-order valence-electron chi connectivity index (χ3n) is 3.10. The van der Waals surface area contributed by atoms with Gasteiger partial charge in [0.2, 0.25) is 0 Å². The Kier molecular flexibility index (Phi) is 5.75. The van der Waals surface area contributed by atoms with Crippen LogP contribution < -0.4 is 11.1 Å². The van der Waals surface area contributed by atoms with E-state index >= 15 is 0 Å². The second kappa shape index (κ2) is 7.78. The summed E-state index contributed by atoms with van der Waals surface area (Å²) in [6, 6.07) is 5.46. The minimum atomic E-state index is -0.974. The third-order valence-corrected chi connectivity index (χ3v) is 4.20. The fourth-order valence-corrected chi connectivity index (χ4v) is 2.94. The van der Waals surface area contributed by atoms with Crippen molar-refractivity contribution in [1.29, 1.82) is 0 Å². The number of rotatable bonds is 3. The number of carbonyl (C=O) groups is 1. The summed E-state index contributed by atoms with van der Waals surface area (Å²) in [5, 5.41) is 10.8. The van der Waals surface area contributed by atoms with Gasteiger partial charge in [-0.1, -0.05) is 26.0 Å². The summed E-state index contributed by atoms with van der Waals surface area (Å²) in [6.07, 6.45) is 1.48. The maximum absolute atomic E-state index is 13.5. The van der Waals surface area contributed by atoms with Crippen LogP contribution in [0.5, 0.6) is 0 Å². The molecular weight excluding hydrogens is 334 g/mol. The lowest BCUT2D eigenvalue weighted by Crippen LogP contribution is -2.23. The van der Waals surface area contributed by atoms with Crippen LogP contribution in [0.2, 0.25) is 0 Å². The van der Waals surface area contributed by atoms with Crippen LogP contribution in [-0.2, 0) is 6.54 Å². The van der Waals surface area contributed by atoms with E-state index in [-0.39, 0.29) is 17.0 Å². The molecule has 1 amide bonds. The monoisotopic (exact) mass is 350 g/mol. The van der Waals surface area contributed by atoms with E-state index in [1.165, 1.54) is 18.3 Å². The zero-order valence-electron chi connectivity index (χ0n) is 13.1. The molecule has 3 N–H and O–H groups in total. The first-order valence-electron chi connectivity index (χ1n) is 7.28. The van der Waals surface area contributed by atoms with E-state index in [1.54, 1.807) is 6.07 Å². The Morgan fingerprint density at radius 3 is 2.75 bits per heavy atom. The average Bonchev–Trinajstić information content (AvgIpc) is 2.95. The van der Waals surface area contributed by atoms with Crippen molar-refractivity contribution in [2.75, 3.05) is 5.73 Å². The zero-order valence-corrected chi connectivity index (χ0v) is 14.0. The Bertz CT molecular complexity index is 866. The number of hydrogen-bond acceptors (Lipinski definition) is 5. The molecule has 5 nitrogen and oxygen atoms in total. The Balaban J connectivity index is 0.00000100. The van der Waals surface area contributed by atoms with Gasteiger partial charge in [-0.3, -0.25) is 4.79 Å². The van der Waals surface area contributed by atoms with E-state index in [2.05, 4.69) is 15.5 Å². The van der Waals surface area contributed by atoms with E-state index in [4.69, 9.17) is 5.73 Å². The number of nitrogens with zero attached hydrogens (tertiary/aromatic N) is 2. The molecule has 0 spiro atoms. The van der Waals surface area contributed by atoms with Gasteiger partial charge in [0.15, 0.2) is 11.6 Å². The van der Waals surface area contributed by atoms with Crippen molar-refractivity contribution in [2.45, 2.75) is 20.4 Å². The molecule has 24 heavy (non-hydrogen) atoms. The first-order chi connectivity index (χ1) is 11.6. The lowest BCUT2D eigenvalue weighted by Gasteiger charge is -2.06. The van der Waals surface area contributed by atoms with Gasteiger partial charge in [0.1, 0.15) is 9.71 Å². The van der Waals surface area contributed by atoms with Crippen LogP contribution in [-0.4, -0.2) is 16.1 Å². The standard InChI is InChI=1S/C14H10F2N4OS.C2H6/c15-9-3-1-2-7(10(9)16)6-18-13(21)12-11(17)8-4-5-19-20-14(8)22-12;1-2/h1-5H,6,17H2,(H,18,21);1-2H3. The Labute approximate surface area is 141 Å². The number of aromatic nitrogens is 2. The number of hydrogen-bond donors (Lipinski definition) is 2. The van der Waals surface area contributed by atoms with Gasteiger partial charge in [0, 0.05) is 17.5 Å². The largest absolute Gasteiger partial charge is 0.397 e. The second-order valence-corrected chi connectivity index (χ2v) is 5.49. The summed E-state index contributed by atoms with van der Waals surface area (Å²) in [6.45, 7) is 3.86. The Morgan fingerprint density at radius 2 is 2.04 bits per heavy atom. The third kappa shape index (κ3) is 3.48. The molecule has 0 radical (unpaired) electrons. The maximum Gasteiger partial charge on any atom is 0.263 e. The quantitative estimate of drug-likeness (QED) is 0.757. The summed E-state index contributed by atoms with van der Waals surface area (Å²) in [5.41, 5.74) is 6.27. The molecular formula is C16H16F2N4OS. The average molecular weight is 350 g/mol.